The molecule has 3 rings (SSSR count). The molecule has 0 atom stereocenters. The van der Waals surface area contributed by atoms with Gasteiger partial charge in [-0.2, -0.15) is 0 Å². The van der Waals surface area contributed by atoms with Gasteiger partial charge in [0.1, 0.15) is 10.7 Å². The lowest BCUT2D eigenvalue weighted by Gasteiger charge is -2.24. The van der Waals surface area contributed by atoms with E-state index in [1.807, 2.05) is 73.6 Å². The Balaban J connectivity index is 1.70. The Bertz CT molecular complexity index is 1150. The van der Waals surface area contributed by atoms with E-state index in [9.17, 15) is 9.59 Å². The van der Waals surface area contributed by atoms with Crippen molar-refractivity contribution in [1.82, 2.24) is 19.7 Å². The van der Waals surface area contributed by atoms with Crippen LogP contribution in [0, 0.1) is 0 Å². The molecule has 1 aromatic heterocycles. The van der Waals surface area contributed by atoms with Crippen LogP contribution in [-0.2, 0) is 17.8 Å². The van der Waals surface area contributed by atoms with E-state index in [-0.39, 0.29) is 18.5 Å². The van der Waals surface area contributed by atoms with Crippen molar-refractivity contribution in [3.8, 4) is 0 Å². The number of hydrogen-bond acceptors (Lipinski definition) is 6. The number of thiazole rings is 1. The van der Waals surface area contributed by atoms with E-state index < -0.39 is 0 Å². The minimum absolute atomic E-state index is 0.115. The van der Waals surface area contributed by atoms with Crippen LogP contribution in [0.25, 0.3) is 0 Å². The number of ether oxygens (including phenoxy) is 1. The Morgan fingerprint density at radius 3 is 2.29 bits per heavy atom. The predicted octanol–water partition coefficient (Wildman–Crippen LogP) is 5.15. The summed E-state index contributed by atoms with van der Waals surface area (Å²) in [7, 11) is 5.59. The van der Waals surface area contributed by atoms with E-state index in [2.05, 4.69) is 29.0 Å². The summed E-state index contributed by atoms with van der Waals surface area (Å²) < 4.78 is 5.23. The molecule has 3 amide bonds. The number of anilines is 1. The molecule has 0 bridgehead atoms. The van der Waals surface area contributed by atoms with Crippen molar-refractivity contribution in [2.75, 3.05) is 52.8 Å². The third kappa shape index (κ3) is 8.93. The molecule has 0 aliphatic heterocycles. The minimum Gasteiger partial charge on any atom is -0.383 e. The summed E-state index contributed by atoms with van der Waals surface area (Å²) in [5.74, 6) is 0.308. The lowest BCUT2D eigenvalue weighted by molar-refractivity contribution is 0.0726. The maximum atomic E-state index is 13.4. The Kier molecular flexibility index (Phi) is 11.3. The van der Waals surface area contributed by atoms with Crippen molar-refractivity contribution in [1.29, 1.82) is 0 Å². The molecule has 0 unspecified atom stereocenters. The third-order valence-corrected chi connectivity index (χ3v) is 6.93. The highest BCUT2D eigenvalue weighted by molar-refractivity contribution is 7.09. The van der Waals surface area contributed by atoms with Crippen LogP contribution in [0.1, 0.15) is 46.4 Å². The quantitative estimate of drug-likeness (QED) is 0.326. The first-order chi connectivity index (χ1) is 18.3. The van der Waals surface area contributed by atoms with E-state index in [0.29, 0.717) is 42.9 Å². The number of carbonyl (C=O) groups is 2. The van der Waals surface area contributed by atoms with Crippen LogP contribution in [0.3, 0.4) is 0 Å². The van der Waals surface area contributed by atoms with E-state index in [4.69, 9.17) is 4.74 Å². The molecular weight excluding hydrogens is 498 g/mol. The molecule has 0 aliphatic carbocycles. The highest BCUT2D eigenvalue weighted by Crippen LogP contribution is 2.19. The fraction of sp³-hybridized carbons (Fsp3) is 0.414. The standard InChI is InChI=1S/C29H39N5O3S/c1-22(2)24-11-13-25(14-12-24)30-29(36)34(17-18-37-5)20-27-31-26(21-38-27)28(35)33(16-15-32(3)4)19-23-9-7-6-8-10-23/h6-14,21-22H,15-20H2,1-5H3,(H,30,36). The zero-order valence-corrected chi connectivity index (χ0v) is 23.8. The molecule has 2 aromatic carbocycles. The normalized spacial score (nSPS) is 11.1. The summed E-state index contributed by atoms with van der Waals surface area (Å²) in [5.41, 5.74) is 3.41. The molecule has 0 saturated carbocycles. The molecule has 0 spiro atoms. The summed E-state index contributed by atoms with van der Waals surface area (Å²) in [4.78, 5) is 36.7. The Labute approximate surface area is 230 Å². The zero-order valence-electron chi connectivity index (χ0n) is 23.0. The van der Waals surface area contributed by atoms with Gasteiger partial charge in [0.05, 0.1) is 13.2 Å². The topological polar surface area (TPSA) is 78.0 Å². The van der Waals surface area contributed by atoms with Gasteiger partial charge in [-0.05, 0) is 43.3 Å². The summed E-state index contributed by atoms with van der Waals surface area (Å²) in [5, 5.41) is 5.44. The van der Waals surface area contributed by atoms with E-state index in [1.54, 1.807) is 17.4 Å². The molecule has 204 valence electrons. The first-order valence-electron chi connectivity index (χ1n) is 12.8. The molecule has 38 heavy (non-hydrogen) atoms. The summed E-state index contributed by atoms with van der Waals surface area (Å²) in [6.07, 6.45) is 0. The van der Waals surface area contributed by atoms with Crippen molar-refractivity contribution in [3.63, 3.8) is 0 Å². The van der Waals surface area contributed by atoms with Gasteiger partial charge >= 0.3 is 6.03 Å². The molecule has 0 saturated heterocycles. The summed E-state index contributed by atoms with van der Waals surface area (Å²) in [6.45, 7) is 7.20. The van der Waals surface area contributed by atoms with Crippen LogP contribution in [0.4, 0.5) is 10.5 Å². The minimum atomic E-state index is -0.237. The number of likely N-dealkylation sites (N-methyl/N-ethyl adjacent to an activating group) is 1. The van der Waals surface area contributed by atoms with Crippen molar-refractivity contribution in [3.05, 3.63) is 81.8 Å². The monoisotopic (exact) mass is 537 g/mol. The second-order valence-corrected chi connectivity index (χ2v) is 10.7. The van der Waals surface area contributed by atoms with Crippen LogP contribution < -0.4 is 5.32 Å². The lowest BCUT2D eigenvalue weighted by Crippen LogP contribution is -2.37. The van der Waals surface area contributed by atoms with Crippen molar-refractivity contribution < 1.29 is 14.3 Å². The van der Waals surface area contributed by atoms with E-state index in [1.165, 1.54) is 16.9 Å². The maximum Gasteiger partial charge on any atom is 0.322 e. The van der Waals surface area contributed by atoms with Crippen LogP contribution in [-0.4, -0.2) is 79.1 Å². The fourth-order valence-corrected chi connectivity index (χ4v) is 4.57. The number of carbonyl (C=O) groups excluding carboxylic acids is 2. The second kappa shape index (κ2) is 14.6. The van der Waals surface area contributed by atoms with Crippen LogP contribution in [0.15, 0.2) is 60.0 Å². The van der Waals surface area contributed by atoms with Gasteiger partial charge in [0.2, 0.25) is 0 Å². The summed E-state index contributed by atoms with van der Waals surface area (Å²) in [6, 6.07) is 17.6. The van der Waals surface area contributed by atoms with Gasteiger partial charge in [-0.15, -0.1) is 11.3 Å². The van der Waals surface area contributed by atoms with Gasteiger partial charge in [0.25, 0.3) is 5.91 Å². The number of methoxy groups -OCH3 is 1. The first-order valence-corrected chi connectivity index (χ1v) is 13.7. The van der Waals surface area contributed by atoms with Gasteiger partial charge in [0, 0.05) is 44.4 Å². The number of hydrogen-bond donors (Lipinski definition) is 1. The molecule has 8 nitrogen and oxygen atoms in total. The predicted molar refractivity (Wildman–Crippen MR) is 154 cm³/mol. The number of nitrogens with zero attached hydrogens (tertiary/aromatic N) is 4. The Morgan fingerprint density at radius 2 is 1.66 bits per heavy atom. The van der Waals surface area contributed by atoms with Crippen LogP contribution in [0.2, 0.25) is 0 Å². The maximum absolute atomic E-state index is 13.4. The molecule has 3 aromatic rings. The van der Waals surface area contributed by atoms with Gasteiger partial charge in [-0.3, -0.25) is 4.79 Å². The fourth-order valence-electron chi connectivity index (χ4n) is 3.79. The molecule has 0 aliphatic rings. The largest absolute Gasteiger partial charge is 0.383 e. The van der Waals surface area contributed by atoms with Crippen molar-refractivity contribution >= 4 is 29.0 Å². The average Bonchev–Trinajstić information content (AvgIpc) is 3.38. The van der Waals surface area contributed by atoms with E-state index >= 15 is 0 Å². The van der Waals surface area contributed by atoms with Gasteiger partial charge in [-0.1, -0.05) is 56.3 Å². The smallest absolute Gasteiger partial charge is 0.322 e. The zero-order chi connectivity index (χ0) is 27.5. The summed E-state index contributed by atoms with van der Waals surface area (Å²) >= 11 is 1.39. The Morgan fingerprint density at radius 1 is 0.947 bits per heavy atom. The molecular formula is C29H39N5O3S. The number of amides is 3. The van der Waals surface area contributed by atoms with Crippen molar-refractivity contribution in [2.24, 2.45) is 0 Å². The lowest BCUT2D eigenvalue weighted by atomic mass is 10.0. The number of benzene rings is 2. The van der Waals surface area contributed by atoms with Gasteiger partial charge in [-0.25, -0.2) is 9.78 Å². The molecule has 1 heterocycles. The number of nitrogens with one attached hydrogen (secondary N) is 1. The van der Waals surface area contributed by atoms with E-state index in [0.717, 1.165) is 17.8 Å². The average molecular weight is 538 g/mol. The third-order valence-electron chi connectivity index (χ3n) is 6.10. The number of aromatic nitrogens is 1. The molecule has 0 fully saturated rings. The number of urea groups is 1. The van der Waals surface area contributed by atoms with Crippen LogP contribution >= 0.6 is 11.3 Å². The van der Waals surface area contributed by atoms with Gasteiger partial charge in [0.15, 0.2) is 0 Å². The first kappa shape index (κ1) is 29.3. The van der Waals surface area contributed by atoms with Gasteiger partial charge < -0.3 is 24.8 Å². The molecule has 1 N–H and O–H groups in total. The van der Waals surface area contributed by atoms with Crippen molar-refractivity contribution in [2.45, 2.75) is 32.9 Å². The molecule has 0 radical (unpaired) electrons. The highest BCUT2D eigenvalue weighted by Gasteiger charge is 2.21. The number of rotatable bonds is 13. The second-order valence-electron chi connectivity index (χ2n) is 9.76. The Hall–Kier alpha value is -3.27. The van der Waals surface area contributed by atoms with Crippen LogP contribution in [0.5, 0.6) is 0 Å². The molecule has 9 heteroatoms. The highest BCUT2D eigenvalue weighted by atomic mass is 32.1. The SMILES string of the molecule is COCCN(Cc1nc(C(=O)N(CCN(C)C)Cc2ccccc2)cs1)C(=O)Nc1ccc(C(C)C)cc1.